The van der Waals surface area contributed by atoms with Crippen LogP contribution < -0.4 is 0 Å². The molecular formula is C17H19NO6. The molecule has 1 aromatic carbocycles. The Labute approximate surface area is 139 Å². The van der Waals surface area contributed by atoms with Gasteiger partial charge in [0.15, 0.2) is 0 Å². The van der Waals surface area contributed by atoms with Crippen molar-refractivity contribution in [2.24, 2.45) is 0 Å². The van der Waals surface area contributed by atoms with Crippen molar-refractivity contribution in [3.8, 4) is 0 Å². The van der Waals surface area contributed by atoms with Gasteiger partial charge in [-0.05, 0) is 18.6 Å². The number of carbonyl (C=O) groups is 3. The normalized spacial score (nSPS) is 11.1. The third kappa shape index (κ3) is 4.70. The van der Waals surface area contributed by atoms with Gasteiger partial charge in [-0.25, -0.2) is 14.4 Å². The summed E-state index contributed by atoms with van der Waals surface area (Å²) >= 11 is 0. The number of hydrogen-bond donors (Lipinski definition) is 2. The van der Waals surface area contributed by atoms with Crippen LogP contribution in [0.25, 0.3) is 5.70 Å². The third-order valence-corrected chi connectivity index (χ3v) is 2.99. The zero-order valence-electron chi connectivity index (χ0n) is 13.6. The Morgan fingerprint density at radius 3 is 2.04 bits per heavy atom. The van der Waals surface area contributed by atoms with E-state index < -0.39 is 23.5 Å². The molecule has 0 aliphatic rings. The third-order valence-electron chi connectivity index (χ3n) is 2.99. The number of carboxylic acids is 2. The summed E-state index contributed by atoms with van der Waals surface area (Å²) in [5.41, 5.74) is -0.0906. The fourth-order valence-electron chi connectivity index (χ4n) is 2.04. The molecule has 0 aliphatic carbocycles. The minimum Gasteiger partial charge on any atom is -0.477 e. The van der Waals surface area contributed by atoms with Gasteiger partial charge >= 0.3 is 17.9 Å². The molecule has 0 unspecified atom stereocenters. The number of rotatable bonds is 7. The highest BCUT2D eigenvalue weighted by Gasteiger charge is 2.23. The Balaban J connectivity index is 3.71. The van der Waals surface area contributed by atoms with Crippen LogP contribution in [-0.2, 0) is 19.1 Å². The molecule has 0 saturated carbocycles. The van der Waals surface area contributed by atoms with Crippen LogP contribution in [0.2, 0.25) is 0 Å². The average molecular weight is 333 g/mol. The number of carboxylic acid groups (broad SMARTS) is 2. The smallest absolute Gasteiger partial charge is 0.343 e. The van der Waals surface area contributed by atoms with E-state index in [0.717, 1.165) is 6.08 Å². The summed E-state index contributed by atoms with van der Waals surface area (Å²) in [4.78, 5) is 36.2. The van der Waals surface area contributed by atoms with Gasteiger partial charge in [0.1, 0.15) is 5.57 Å². The quantitative estimate of drug-likeness (QED) is 0.257. The highest BCUT2D eigenvalue weighted by molar-refractivity contribution is 6.15. The molecule has 0 spiro atoms. The first-order valence-electron chi connectivity index (χ1n) is 7.12. The van der Waals surface area contributed by atoms with Crippen LogP contribution in [0.5, 0.6) is 0 Å². The lowest BCUT2D eigenvalue weighted by Gasteiger charge is -2.20. The van der Waals surface area contributed by atoms with Gasteiger partial charge in [-0.3, -0.25) is 0 Å². The number of aliphatic carboxylic acids is 2. The Bertz CT molecular complexity index is 672. The second kappa shape index (κ2) is 8.52. The number of nitrogens with zero attached hydrogens (tertiary/aromatic N) is 1. The van der Waals surface area contributed by atoms with Crippen molar-refractivity contribution in [2.75, 3.05) is 20.7 Å². The van der Waals surface area contributed by atoms with E-state index in [1.54, 1.807) is 56.3 Å². The monoisotopic (exact) mass is 333 g/mol. The molecule has 0 fully saturated rings. The van der Waals surface area contributed by atoms with Crippen LogP contribution in [0.3, 0.4) is 0 Å². The molecule has 1 aromatic rings. The fourth-order valence-corrected chi connectivity index (χ4v) is 2.04. The lowest BCUT2D eigenvalue weighted by Crippen LogP contribution is -2.20. The van der Waals surface area contributed by atoms with Gasteiger partial charge in [-0.15, -0.1) is 0 Å². The highest BCUT2D eigenvalue weighted by atomic mass is 16.5. The summed E-state index contributed by atoms with van der Waals surface area (Å²) < 4.78 is 4.96. The molecule has 0 aromatic heterocycles. The predicted molar refractivity (Wildman–Crippen MR) is 87.0 cm³/mol. The van der Waals surface area contributed by atoms with Crippen molar-refractivity contribution in [3.05, 3.63) is 53.1 Å². The molecule has 0 aliphatic heterocycles. The molecule has 0 saturated heterocycles. The van der Waals surface area contributed by atoms with E-state index in [2.05, 4.69) is 0 Å². The molecule has 7 heteroatoms. The van der Waals surface area contributed by atoms with Crippen molar-refractivity contribution < 1.29 is 29.3 Å². The maximum absolute atomic E-state index is 12.3. The van der Waals surface area contributed by atoms with Crippen LogP contribution >= 0.6 is 0 Å². The molecule has 24 heavy (non-hydrogen) atoms. The van der Waals surface area contributed by atoms with Gasteiger partial charge in [-0.2, -0.15) is 0 Å². The summed E-state index contributed by atoms with van der Waals surface area (Å²) in [7, 11) is 3.33. The highest BCUT2D eigenvalue weighted by Crippen LogP contribution is 2.24. The predicted octanol–water partition coefficient (Wildman–Crippen LogP) is 1.62. The Hall–Kier alpha value is -3.09. The topological polar surface area (TPSA) is 104 Å². The summed E-state index contributed by atoms with van der Waals surface area (Å²) in [6.07, 6.45) is 0.824. The summed E-state index contributed by atoms with van der Waals surface area (Å²) in [6.45, 7) is 1.67. The van der Waals surface area contributed by atoms with Crippen LogP contribution in [0.4, 0.5) is 0 Å². The first-order chi connectivity index (χ1) is 11.3. The minimum absolute atomic E-state index is 0.0706. The van der Waals surface area contributed by atoms with Gasteiger partial charge in [0.05, 0.1) is 17.9 Å². The molecule has 128 valence electrons. The summed E-state index contributed by atoms with van der Waals surface area (Å²) in [5, 5.41) is 18.1. The van der Waals surface area contributed by atoms with E-state index in [-0.39, 0.29) is 12.2 Å². The number of hydrogen-bond acceptors (Lipinski definition) is 5. The van der Waals surface area contributed by atoms with Gasteiger partial charge in [-0.1, -0.05) is 30.3 Å². The van der Waals surface area contributed by atoms with Crippen LogP contribution in [-0.4, -0.2) is 53.7 Å². The lowest BCUT2D eigenvalue weighted by molar-refractivity contribution is -0.140. The van der Waals surface area contributed by atoms with Crippen molar-refractivity contribution >= 4 is 23.6 Å². The summed E-state index contributed by atoms with van der Waals surface area (Å²) in [5.74, 6) is -4.09. The molecule has 7 nitrogen and oxygen atoms in total. The van der Waals surface area contributed by atoms with E-state index in [1.165, 1.54) is 0 Å². The number of benzene rings is 1. The summed E-state index contributed by atoms with van der Waals surface area (Å²) in [6, 6.07) is 8.74. The largest absolute Gasteiger partial charge is 0.477 e. The fraction of sp³-hybridized carbons (Fsp3) is 0.235. The zero-order chi connectivity index (χ0) is 18.3. The van der Waals surface area contributed by atoms with E-state index >= 15 is 0 Å². The molecule has 0 amide bonds. The first kappa shape index (κ1) is 19.0. The van der Waals surface area contributed by atoms with E-state index in [9.17, 15) is 14.4 Å². The maximum Gasteiger partial charge on any atom is 0.343 e. The van der Waals surface area contributed by atoms with Crippen molar-refractivity contribution in [3.63, 3.8) is 0 Å². The molecule has 0 atom stereocenters. The molecule has 0 heterocycles. The molecule has 1 rings (SSSR count). The van der Waals surface area contributed by atoms with Gasteiger partial charge in [0, 0.05) is 14.1 Å². The number of esters is 1. The van der Waals surface area contributed by atoms with Crippen LogP contribution in [0, 0.1) is 0 Å². The zero-order valence-corrected chi connectivity index (χ0v) is 13.6. The van der Waals surface area contributed by atoms with E-state index in [1.807, 2.05) is 0 Å². The standard InChI is InChI=1S/C17H19NO6/c1-4-24-17(23)12(10-13(15(19)20)16(21)22)14(18(2)3)11-8-6-5-7-9-11/h5-10H,4H2,1-3H3,(H,19,20)(H,21,22). The molecule has 2 N–H and O–H groups in total. The molecule has 0 bridgehead atoms. The van der Waals surface area contributed by atoms with Gasteiger partial charge in [0.25, 0.3) is 0 Å². The average Bonchev–Trinajstić information content (AvgIpc) is 2.51. The maximum atomic E-state index is 12.3. The molecule has 0 radical (unpaired) electrons. The Morgan fingerprint density at radius 1 is 1.08 bits per heavy atom. The van der Waals surface area contributed by atoms with Crippen LogP contribution in [0.15, 0.2) is 47.6 Å². The Kier molecular flexibility index (Phi) is 6.73. The van der Waals surface area contributed by atoms with E-state index in [0.29, 0.717) is 11.3 Å². The lowest BCUT2D eigenvalue weighted by atomic mass is 10.0. The SMILES string of the molecule is CCOC(=O)C(C=C(C(=O)O)C(=O)O)=C(c1ccccc1)N(C)C. The van der Waals surface area contributed by atoms with Gasteiger partial charge in [0.2, 0.25) is 0 Å². The van der Waals surface area contributed by atoms with Crippen molar-refractivity contribution in [1.29, 1.82) is 0 Å². The van der Waals surface area contributed by atoms with Crippen LogP contribution in [0.1, 0.15) is 12.5 Å². The molecular weight excluding hydrogens is 314 g/mol. The number of ether oxygens (including phenoxy) is 1. The van der Waals surface area contributed by atoms with Crippen molar-refractivity contribution in [1.82, 2.24) is 4.90 Å². The second-order valence-corrected chi connectivity index (χ2v) is 4.91. The Morgan fingerprint density at radius 2 is 1.62 bits per heavy atom. The van der Waals surface area contributed by atoms with Gasteiger partial charge < -0.3 is 19.8 Å². The van der Waals surface area contributed by atoms with E-state index in [4.69, 9.17) is 14.9 Å². The first-order valence-corrected chi connectivity index (χ1v) is 7.12. The van der Waals surface area contributed by atoms with Crippen molar-refractivity contribution in [2.45, 2.75) is 6.92 Å². The second-order valence-electron chi connectivity index (χ2n) is 4.91. The number of carbonyl (C=O) groups excluding carboxylic acids is 1. The minimum atomic E-state index is -1.64.